The molecule has 0 fully saturated rings. The second kappa shape index (κ2) is 15.0. The topological polar surface area (TPSA) is 372 Å². The van der Waals surface area contributed by atoms with Crippen molar-refractivity contribution in [2.24, 2.45) is 0 Å². The monoisotopic (exact) mass is 813 g/mol. The molecule has 54 heavy (non-hydrogen) atoms. The number of nitrogens with one attached hydrogen (secondary N) is 3. The molecule has 0 spiro atoms. The highest BCUT2D eigenvalue weighted by atomic mass is 32.2. The third-order valence-electron chi connectivity index (χ3n) is 7.29. The molecule has 0 atom stereocenters. The first-order chi connectivity index (χ1) is 24.9. The maximum absolute atomic E-state index is 12.9. The third-order valence-corrected chi connectivity index (χ3v) is 9.78. The lowest BCUT2D eigenvalue weighted by Gasteiger charge is -2.14. The summed E-state index contributed by atoms with van der Waals surface area (Å²) >= 11 is 0. The molecule has 288 valence electrons. The Bertz CT molecular complexity index is 2260. The Morgan fingerprint density at radius 3 is 0.833 bits per heavy atom. The van der Waals surface area contributed by atoms with Gasteiger partial charge in [-0.15, -0.1) is 0 Å². The Morgan fingerprint density at radius 2 is 0.630 bits per heavy atom. The molecule has 0 unspecified atom stereocenters. The molecule has 24 heteroatoms. The van der Waals surface area contributed by atoms with Gasteiger partial charge in [0.05, 0.1) is 31.4 Å². The number of carbonyl (C=O) groups is 3. The second-order valence-corrected chi connectivity index (χ2v) is 15.4. The van der Waals surface area contributed by atoms with Gasteiger partial charge in [0.15, 0.2) is 34.5 Å². The Hall–Kier alpha value is -6.18. The van der Waals surface area contributed by atoms with Crippen LogP contribution in [-0.2, 0) is 50.0 Å². The maximum atomic E-state index is 12.9. The second-order valence-electron chi connectivity index (χ2n) is 11.1. The number of benzene rings is 4. The minimum absolute atomic E-state index is 0.164. The van der Waals surface area contributed by atoms with E-state index in [0.29, 0.717) is 36.4 Å². The summed E-state index contributed by atoms with van der Waals surface area (Å²) in [5.74, 6) is -9.80. The van der Waals surface area contributed by atoms with Crippen molar-refractivity contribution < 1.29 is 83.9 Å². The van der Waals surface area contributed by atoms with Gasteiger partial charge in [0, 0.05) is 37.8 Å². The van der Waals surface area contributed by atoms with Crippen LogP contribution in [0.3, 0.4) is 0 Å². The van der Waals surface area contributed by atoms with E-state index in [2.05, 4.69) is 16.0 Å². The first kappa shape index (κ1) is 40.6. The standard InChI is InChI=1S/C30H27N3O18S3/c34-22-7-16(52(43,44)45)4-19(25(22)37)28(40)31-10-13-1-14(11-32-29(41)20-5-17(53(46,47)48)8-23(35)26(20)38)3-15(2-13)12-33-30(42)21-6-18(54(49,50)51)9-24(36)27(21)39/h1-9,34-39H,10-12H2,(H,31,40)(H,32,41)(H,33,42)(H,43,44,45)(H,46,47,48)(H,49,50,51). The van der Waals surface area contributed by atoms with Crippen LogP contribution in [0, 0.1) is 0 Å². The van der Waals surface area contributed by atoms with Gasteiger partial charge >= 0.3 is 0 Å². The average molecular weight is 814 g/mol. The van der Waals surface area contributed by atoms with Gasteiger partial charge in [0.2, 0.25) is 0 Å². The fraction of sp³-hybridized carbons (Fsp3) is 0.100. The number of hydrogen-bond acceptors (Lipinski definition) is 15. The van der Waals surface area contributed by atoms with E-state index in [1.807, 2.05) is 0 Å². The number of carbonyl (C=O) groups excluding carboxylic acids is 3. The van der Waals surface area contributed by atoms with Crippen LogP contribution in [0.5, 0.6) is 34.5 Å². The molecule has 0 heterocycles. The molecular weight excluding hydrogens is 787 g/mol. The zero-order valence-electron chi connectivity index (χ0n) is 26.7. The molecule has 4 rings (SSSR count). The van der Waals surface area contributed by atoms with Gasteiger partial charge in [-0.3, -0.25) is 28.0 Å². The quantitative estimate of drug-likeness (QED) is 0.0682. The molecule has 0 bridgehead atoms. The van der Waals surface area contributed by atoms with Crippen LogP contribution in [0.1, 0.15) is 47.8 Å². The van der Waals surface area contributed by atoms with E-state index in [1.54, 1.807) is 0 Å². The van der Waals surface area contributed by atoms with Gasteiger partial charge < -0.3 is 46.6 Å². The highest BCUT2D eigenvalue weighted by molar-refractivity contribution is 7.86. The molecule has 0 radical (unpaired) electrons. The summed E-state index contributed by atoms with van der Waals surface area (Å²) in [6.45, 7) is -1.35. The summed E-state index contributed by atoms with van der Waals surface area (Å²) in [6, 6.07) is 7.22. The van der Waals surface area contributed by atoms with Crippen LogP contribution >= 0.6 is 0 Å². The molecule has 0 aliphatic rings. The van der Waals surface area contributed by atoms with Crippen LogP contribution in [0.15, 0.2) is 69.3 Å². The largest absolute Gasteiger partial charge is 0.504 e. The first-order valence-corrected chi connectivity index (χ1v) is 18.8. The summed E-state index contributed by atoms with van der Waals surface area (Å²) < 4.78 is 97.3. The zero-order valence-corrected chi connectivity index (χ0v) is 29.2. The van der Waals surface area contributed by atoms with E-state index >= 15 is 0 Å². The van der Waals surface area contributed by atoms with Crippen molar-refractivity contribution in [2.45, 2.75) is 34.3 Å². The number of aromatic hydroxyl groups is 6. The SMILES string of the molecule is O=C(NCc1cc(CNC(=O)c2cc(S(=O)(=O)O)cc(O)c2O)cc(CNC(=O)c2cc(S(=O)(=O)O)cc(O)c2O)c1)c1cc(S(=O)(=O)O)cc(O)c1O. The summed E-state index contributed by atoms with van der Waals surface area (Å²) in [7, 11) is -14.8. The van der Waals surface area contributed by atoms with E-state index in [1.165, 1.54) is 18.2 Å². The van der Waals surface area contributed by atoms with E-state index < -0.39 is 134 Å². The Labute approximate surface area is 304 Å². The molecule has 21 nitrogen and oxygen atoms in total. The van der Waals surface area contributed by atoms with Crippen molar-refractivity contribution in [2.75, 3.05) is 0 Å². The van der Waals surface area contributed by atoms with Crippen LogP contribution in [0.2, 0.25) is 0 Å². The van der Waals surface area contributed by atoms with Crippen LogP contribution < -0.4 is 16.0 Å². The van der Waals surface area contributed by atoms with Crippen molar-refractivity contribution in [1.82, 2.24) is 16.0 Å². The lowest BCUT2D eigenvalue weighted by Crippen LogP contribution is -2.26. The van der Waals surface area contributed by atoms with Crippen molar-refractivity contribution in [1.29, 1.82) is 0 Å². The predicted octanol–water partition coefficient (Wildman–Crippen LogP) is 0.450. The molecule has 0 aliphatic carbocycles. The average Bonchev–Trinajstić information content (AvgIpc) is 3.06. The van der Waals surface area contributed by atoms with Gasteiger partial charge in [0.25, 0.3) is 48.1 Å². The summed E-state index contributed by atoms with van der Waals surface area (Å²) in [5.41, 5.74) is -1.83. The van der Waals surface area contributed by atoms with Gasteiger partial charge in [-0.25, -0.2) is 0 Å². The van der Waals surface area contributed by atoms with Crippen molar-refractivity contribution in [3.8, 4) is 34.5 Å². The fourth-order valence-electron chi connectivity index (χ4n) is 4.72. The number of phenols is 6. The molecule has 0 aliphatic heterocycles. The molecule has 0 saturated carbocycles. The highest BCUT2D eigenvalue weighted by Crippen LogP contribution is 2.34. The third kappa shape index (κ3) is 9.43. The molecule has 3 amide bonds. The maximum Gasteiger partial charge on any atom is 0.294 e. The van der Waals surface area contributed by atoms with E-state index in [9.17, 15) is 83.9 Å². The Morgan fingerprint density at radius 1 is 0.407 bits per heavy atom. The van der Waals surface area contributed by atoms with Gasteiger partial charge in [-0.05, 0) is 34.9 Å². The molecule has 12 N–H and O–H groups in total. The predicted molar refractivity (Wildman–Crippen MR) is 179 cm³/mol. The molecule has 0 aromatic heterocycles. The van der Waals surface area contributed by atoms with Crippen LogP contribution in [-0.4, -0.2) is 87.3 Å². The smallest absolute Gasteiger partial charge is 0.294 e. The van der Waals surface area contributed by atoms with Crippen LogP contribution in [0.25, 0.3) is 0 Å². The Balaban J connectivity index is 1.65. The lowest BCUT2D eigenvalue weighted by molar-refractivity contribution is 0.0939. The normalized spacial score (nSPS) is 11.8. The molecule has 4 aromatic carbocycles. The van der Waals surface area contributed by atoms with E-state index in [4.69, 9.17) is 0 Å². The van der Waals surface area contributed by atoms with Crippen LogP contribution in [0.4, 0.5) is 0 Å². The summed E-state index contributed by atoms with van der Waals surface area (Å²) in [6.07, 6.45) is 0. The van der Waals surface area contributed by atoms with Crippen molar-refractivity contribution >= 4 is 48.1 Å². The first-order valence-electron chi connectivity index (χ1n) is 14.4. The minimum Gasteiger partial charge on any atom is -0.504 e. The molecule has 0 saturated heterocycles. The number of hydrogen-bond donors (Lipinski definition) is 12. The van der Waals surface area contributed by atoms with Crippen molar-refractivity contribution in [3.05, 3.63) is 88.0 Å². The number of phenolic OH excluding ortho intramolecular Hbond substituents is 6. The highest BCUT2D eigenvalue weighted by Gasteiger charge is 2.24. The Kier molecular flexibility index (Phi) is 11.3. The summed E-state index contributed by atoms with van der Waals surface area (Å²) in [4.78, 5) is 36.0. The molecular formula is C30H27N3O18S3. The lowest BCUT2D eigenvalue weighted by atomic mass is 10.0. The fourth-order valence-corrected chi connectivity index (χ4v) is 6.31. The van der Waals surface area contributed by atoms with E-state index in [-0.39, 0.29) is 16.7 Å². The van der Waals surface area contributed by atoms with Gasteiger partial charge in [0.1, 0.15) is 0 Å². The van der Waals surface area contributed by atoms with E-state index in [0.717, 1.165) is 0 Å². The molecule has 4 aromatic rings. The van der Waals surface area contributed by atoms with Crippen molar-refractivity contribution in [3.63, 3.8) is 0 Å². The minimum atomic E-state index is -4.94. The zero-order chi connectivity index (χ0) is 40.5. The van der Waals surface area contributed by atoms with Gasteiger partial charge in [-0.2, -0.15) is 25.3 Å². The number of rotatable bonds is 12. The number of amides is 3. The van der Waals surface area contributed by atoms with Gasteiger partial charge in [-0.1, -0.05) is 18.2 Å². The summed E-state index contributed by atoms with van der Waals surface area (Å²) in [5, 5.41) is 67.0.